The average molecular weight is 485 g/mol. The Hall–Kier alpha value is -2.49. The number of benzene rings is 2. The van der Waals surface area contributed by atoms with Crippen molar-refractivity contribution in [1.82, 2.24) is 0 Å². The molecular weight excluding hydrogens is 445 g/mol. The Morgan fingerprint density at radius 2 is 1.49 bits per heavy atom. The van der Waals surface area contributed by atoms with Gasteiger partial charge in [0.1, 0.15) is 0 Å². The second-order valence-corrected chi connectivity index (χ2v) is 9.52. The van der Waals surface area contributed by atoms with E-state index in [9.17, 15) is 4.39 Å². The van der Waals surface area contributed by atoms with Crippen LogP contribution < -0.4 is 4.74 Å². The zero-order valence-electron chi connectivity index (χ0n) is 21.2. The molecule has 0 aliphatic heterocycles. The fourth-order valence-corrected chi connectivity index (χ4v) is 4.61. The maximum absolute atomic E-state index is 16.5. The van der Waals surface area contributed by atoms with E-state index in [4.69, 9.17) is 4.74 Å². The summed E-state index contributed by atoms with van der Waals surface area (Å²) in [5, 5.41) is 0. The molecule has 190 valence electrons. The molecule has 3 rings (SSSR count). The Bertz CT molecular complexity index is 993. The summed E-state index contributed by atoms with van der Waals surface area (Å²) in [4.78, 5) is 0. The summed E-state index contributed by atoms with van der Waals surface area (Å²) in [6.07, 6.45) is 16.4. The fourth-order valence-electron chi connectivity index (χ4n) is 4.61. The van der Waals surface area contributed by atoms with Gasteiger partial charge in [-0.1, -0.05) is 101 Å². The van der Waals surface area contributed by atoms with E-state index in [1.54, 1.807) is 30.4 Å². The van der Waals surface area contributed by atoms with Crippen molar-refractivity contribution in [3.8, 4) is 5.75 Å². The predicted molar refractivity (Wildman–Crippen MR) is 139 cm³/mol. The van der Waals surface area contributed by atoms with Crippen molar-refractivity contribution in [2.45, 2.75) is 90.1 Å². The molecule has 0 aromatic heterocycles. The van der Waals surface area contributed by atoms with E-state index < -0.39 is 17.3 Å². The third kappa shape index (κ3) is 7.02. The molecule has 0 heterocycles. The Morgan fingerprint density at radius 1 is 0.800 bits per heavy atom. The van der Waals surface area contributed by atoms with Crippen LogP contribution in [0, 0.1) is 11.6 Å². The zero-order chi connectivity index (χ0) is 25.1. The average Bonchev–Trinajstić information content (AvgIpc) is 2.87. The van der Waals surface area contributed by atoms with Gasteiger partial charge >= 0.3 is 0 Å². The molecule has 1 aliphatic rings. The number of allylic oxidation sites excluding steroid dienone is 4. The highest BCUT2D eigenvalue weighted by atomic mass is 19.2. The number of halogens is 3. The molecule has 2 aromatic rings. The molecule has 0 spiro atoms. The van der Waals surface area contributed by atoms with E-state index in [2.05, 4.69) is 6.92 Å². The molecule has 4 heteroatoms. The van der Waals surface area contributed by atoms with Crippen molar-refractivity contribution in [2.24, 2.45) is 0 Å². The topological polar surface area (TPSA) is 9.23 Å². The lowest BCUT2D eigenvalue weighted by atomic mass is 9.78. The minimum atomic E-state index is -1.93. The first-order chi connectivity index (χ1) is 17.0. The molecule has 35 heavy (non-hydrogen) atoms. The number of hydrogen-bond donors (Lipinski definition) is 0. The number of unbranched alkanes of at least 4 members (excludes halogenated alkanes) is 7. The molecule has 2 aromatic carbocycles. The van der Waals surface area contributed by atoms with Gasteiger partial charge in [-0.25, -0.2) is 8.78 Å². The lowest BCUT2D eigenvalue weighted by molar-refractivity contribution is 0.248. The standard InChI is InChI=1S/C31H39F3O/c1-3-5-7-8-9-10-11-14-24-16-18-25(19-17-24)31(34)22-13-12-15-27(31)26-20-21-28(30(33)29(26)32)35-23-6-4-2/h12-13,15-21H,3-11,14,22-23H2,1-2H3. The highest BCUT2D eigenvalue weighted by molar-refractivity contribution is 5.77. The number of alkyl halides is 1. The lowest BCUT2D eigenvalue weighted by Crippen LogP contribution is -2.24. The Labute approximate surface area is 209 Å². The molecule has 0 saturated heterocycles. The van der Waals surface area contributed by atoms with Gasteiger partial charge in [0.2, 0.25) is 5.82 Å². The molecule has 0 radical (unpaired) electrons. The fraction of sp³-hybridized carbons (Fsp3) is 0.484. The smallest absolute Gasteiger partial charge is 0.201 e. The van der Waals surface area contributed by atoms with Crippen molar-refractivity contribution in [3.05, 3.63) is 83.0 Å². The van der Waals surface area contributed by atoms with E-state index in [0.29, 0.717) is 12.2 Å². The van der Waals surface area contributed by atoms with Crippen molar-refractivity contribution in [3.63, 3.8) is 0 Å². The summed E-state index contributed by atoms with van der Waals surface area (Å²) in [5.41, 5.74) is -0.224. The zero-order valence-corrected chi connectivity index (χ0v) is 21.2. The summed E-state index contributed by atoms with van der Waals surface area (Å²) >= 11 is 0. The van der Waals surface area contributed by atoms with E-state index in [0.717, 1.165) is 25.7 Å². The van der Waals surface area contributed by atoms with Crippen LogP contribution >= 0.6 is 0 Å². The molecule has 0 N–H and O–H groups in total. The van der Waals surface area contributed by atoms with Gasteiger partial charge < -0.3 is 4.74 Å². The Balaban J connectivity index is 1.71. The van der Waals surface area contributed by atoms with Gasteiger partial charge in [-0.05, 0) is 42.5 Å². The van der Waals surface area contributed by atoms with Crippen LogP contribution in [0.25, 0.3) is 5.57 Å². The normalized spacial score (nSPS) is 17.5. The first kappa shape index (κ1) is 27.1. The van der Waals surface area contributed by atoms with Gasteiger partial charge in [-0.2, -0.15) is 4.39 Å². The molecule has 0 fully saturated rings. The SMILES string of the molecule is CCCCCCCCCc1ccc(C2(F)CC=CC=C2c2ccc(OCCCC)c(F)c2F)cc1. The number of aryl methyl sites for hydroxylation is 1. The summed E-state index contributed by atoms with van der Waals surface area (Å²) in [7, 11) is 0. The number of ether oxygens (including phenoxy) is 1. The Kier molecular flexibility index (Phi) is 10.5. The molecule has 1 aliphatic carbocycles. The largest absolute Gasteiger partial charge is 0.490 e. The third-order valence-electron chi connectivity index (χ3n) is 6.80. The van der Waals surface area contributed by atoms with Crippen LogP contribution in [0.15, 0.2) is 54.6 Å². The quantitative estimate of drug-likeness (QED) is 0.243. The van der Waals surface area contributed by atoms with Crippen LogP contribution in [-0.4, -0.2) is 6.61 Å². The van der Waals surface area contributed by atoms with Crippen molar-refractivity contribution < 1.29 is 17.9 Å². The van der Waals surface area contributed by atoms with Gasteiger partial charge in [-0.15, -0.1) is 0 Å². The van der Waals surface area contributed by atoms with Gasteiger partial charge in [-0.3, -0.25) is 0 Å². The second kappa shape index (κ2) is 13.6. The summed E-state index contributed by atoms with van der Waals surface area (Å²) < 4.78 is 51.6. The predicted octanol–water partition coefficient (Wildman–Crippen LogP) is 9.65. The highest BCUT2D eigenvalue weighted by Crippen LogP contribution is 2.46. The van der Waals surface area contributed by atoms with Gasteiger partial charge in [0, 0.05) is 17.6 Å². The summed E-state index contributed by atoms with van der Waals surface area (Å²) in [5.74, 6) is -2.27. The third-order valence-corrected chi connectivity index (χ3v) is 6.80. The second-order valence-electron chi connectivity index (χ2n) is 9.52. The monoisotopic (exact) mass is 484 g/mol. The van der Waals surface area contributed by atoms with E-state index in [1.807, 2.05) is 19.1 Å². The minimum Gasteiger partial charge on any atom is -0.490 e. The molecule has 0 saturated carbocycles. The molecule has 0 amide bonds. The van der Waals surface area contributed by atoms with E-state index >= 15 is 8.78 Å². The first-order valence-electron chi connectivity index (χ1n) is 13.3. The molecule has 1 atom stereocenters. The van der Waals surface area contributed by atoms with Gasteiger partial charge in [0.15, 0.2) is 17.2 Å². The van der Waals surface area contributed by atoms with Crippen molar-refractivity contribution in [2.75, 3.05) is 6.61 Å². The highest BCUT2D eigenvalue weighted by Gasteiger charge is 2.39. The van der Waals surface area contributed by atoms with Crippen LogP contribution in [-0.2, 0) is 12.1 Å². The maximum atomic E-state index is 16.5. The van der Waals surface area contributed by atoms with Crippen LogP contribution in [0.1, 0.15) is 94.7 Å². The van der Waals surface area contributed by atoms with Crippen molar-refractivity contribution in [1.29, 1.82) is 0 Å². The first-order valence-corrected chi connectivity index (χ1v) is 13.3. The van der Waals surface area contributed by atoms with Crippen LogP contribution in [0.5, 0.6) is 5.75 Å². The molecule has 1 nitrogen and oxygen atoms in total. The van der Waals surface area contributed by atoms with Crippen LogP contribution in [0.2, 0.25) is 0 Å². The summed E-state index contributed by atoms with van der Waals surface area (Å²) in [6, 6.07) is 10.3. The molecular formula is C31H39F3O. The van der Waals surface area contributed by atoms with E-state index in [-0.39, 0.29) is 23.3 Å². The van der Waals surface area contributed by atoms with Crippen molar-refractivity contribution >= 4 is 5.57 Å². The number of hydrogen-bond acceptors (Lipinski definition) is 1. The van der Waals surface area contributed by atoms with Crippen LogP contribution in [0.4, 0.5) is 13.2 Å². The lowest BCUT2D eigenvalue weighted by Gasteiger charge is -2.30. The van der Waals surface area contributed by atoms with Gasteiger partial charge in [0.05, 0.1) is 6.61 Å². The Morgan fingerprint density at radius 3 is 2.20 bits per heavy atom. The minimum absolute atomic E-state index is 0.0654. The number of rotatable bonds is 14. The molecule has 1 unspecified atom stereocenters. The molecule has 0 bridgehead atoms. The maximum Gasteiger partial charge on any atom is 0.201 e. The van der Waals surface area contributed by atoms with Gasteiger partial charge in [0.25, 0.3) is 0 Å². The van der Waals surface area contributed by atoms with E-state index in [1.165, 1.54) is 56.2 Å². The summed E-state index contributed by atoms with van der Waals surface area (Å²) in [6.45, 7) is 4.54. The van der Waals surface area contributed by atoms with Crippen LogP contribution in [0.3, 0.4) is 0 Å².